The fraction of sp³-hybridized carbons (Fsp3) is 0.0556. The van der Waals surface area contributed by atoms with Gasteiger partial charge in [0.25, 0.3) is 11.5 Å². The van der Waals surface area contributed by atoms with E-state index in [-0.39, 0.29) is 17.7 Å². The van der Waals surface area contributed by atoms with Crippen molar-refractivity contribution in [1.29, 1.82) is 0 Å². The van der Waals surface area contributed by atoms with E-state index in [1.54, 1.807) is 30.3 Å². The van der Waals surface area contributed by atoms with Gasteiger partial charge in [-0.25, -0.2) is 9.18 Å². The van der Waals surface area contributed by atoms with Crippen molar-refractivity contribution in [3.05, 3.63) is 92.5 Å². The Morgan fingerprint density at radius 1 is 1.12 bits per heavy atom. The van der Waals surface area contributed by atoms with Crippen molar-refractivity contribution in [1.82, 2.24) is 9.55 Å². The van der Waals surface area contributed by atoms with Crippen LogP contribution in [-0.4, -0.2) is 15.5 Å². The molecule has 1 heterocycles. The molecule has 0 spiro atoms. The number of aromatic amines is 1. The summed E-state index contributed by atoms with van der Waals surface area (Å²) in [7, 11) is 0. The summed E-state index contributed by atoms with van der Waals surface area (Å²) in [6.07, 6.45) is 1.04. The fourth-order valence-corrected chi connectivity index (χ4v) is 2.38. The molecule has 132 valence electrons. The van der Waals surface area contributed by atoms with E-state index in [1.165, 1.54) is 18.2 Å². The number of carbonyl (C=O) groups excluding carboxylic acids is 1. The zero-order valence-electron chi connectivity index (χ0n) is 13.5. The molecule has 0 aliphatic heterocycles. The molecule has 0 unspecified atom stereocenters. The van der Waals surface area contributed by atoms with Crippen molar-refractivity contribution < 1.29 is 9.18 Å². The van der Waals surface area contributed by atoms with Gasteiger partial charge in [0.15, 0.2) is 0 Å². The van der Waals surface area contributed by atoms with E-state index >= 15 is 0 Å². The summed E-state index contributed by atoms with van der Waals surface area (Å²) in [5.41, 5.74) is 4.89. The Kier molecular flexibility index (Phi) is 4.66. The van der Waals surface area contributed by atoms with Crippen LogP contribution in [0.4, 0.5) is 15.8 Å². The molecule has 7 nitrogen and oxygen atoms in total. The number of nitrogens with two attached hydrogens (primary N) is 1. The van der Waals surface area contributed by atoms with Crippen molar-refractivity contribution in [2.75, 3.05) is 11.1 Å². The molecule has 4 N–H and O–H groups in total. The van der Waals surface area contributed by atoms with Crippen LogP contribution in [0.2, 0.25) is 0 Å². The number of amides is 1. The lowest BCUT2D eigenvalue weighted by atomic mass is 10.2. The van der Waals surface area contributed by atoms with Crippen molar-refractivity contribution in [2.45, 2.75) is 6.54 Å². The van der Waals surface area contributed by atoms with Crippen molar-refractivity contribution in [3.8, 4) is 0 Å². The molecule has 1 amide bonds. The van der Waals surface area contributed by atoms with E-state index in [9.17, 15) is 18.8 Å². The van der Waals surface area contributed by atoms with Gasteiger partial charge in [-0.05, 0) is 30.3 Å². The SMILES string of the molecule is Nc1ccc(NC(=O)c2c[nH]c(=O)n(Cc3ccccc3F)c2=O)cc1. The fourth-order valence-electron chi connectivity index (χ4n) is 2.38. The van der Waals surface area contributed by atoms with Crippen LogP contribution in [0.1, 0.15) is 15.9 Å². The lowest BCUT2D eigenvalue weighted by Gasteiger charge is -2.09. The highest BCUT2D eigenvalue weighted by atomic mass is 19.1. The zero-order valence-corrected chi connectivity index (χ0v) is 13.5. The van der Waals surface area contributed by atoms with Crippen LogP contribution in [0.25, 0.3) is 0 Å². The molecule has 0 radical (unpaired) electrons. The van der Waals surface area contributed by atoms with Gasteiger partial charge in [-0.2, -0.15) is 0 Å². The summed E-state index contributed by atoms with van der Waals surface area (Å²) in [5, 5.41) is 2.54. The number of halogens is 1. The third kappa shape index (κ3) is 3.54. The average molecular weight is 354 g/mol. The number of nitrogens with zero attached hydrogens (tertiary/aromatic N) is 1. The van der Waals surface area contributed by atoms with Crippen LogP contribution in [0.3, 0.4) is 0 Å². The number of nitrogen functional groups attached to an aromatic ring is 1. The average Bonchev–Trinajstić information content (AvgIpc) is 2.62. The first kappa shape index (κ1) is 17.2. The van der Waals surface area contributed by atoms with Crippen molar-refractivity contribution >= 4 is 17.3 Å². The molecule has 2 aromatic carbocycles. The third-order valence-corrected chi connectivity index (χ3v) is 3.76. The Balaban J connectivity index is 1.93. The number of aromatic nitrogens is 2. The molecule has 0 atom stereocenters. The largest absolute Gasteiger partial charge is 0.399 e. The maximum absolute atomic E-state index is 13.8. The molecule has 0 saturated heterocycles. The van der Waals surface area contributed by atoms with E-state index < -0.39 is 23.0 Å². The first-order valence-electron chi connectivity index (χ1n) is 7.68. The quantitative estimate of drug-likeness (QED) is 0.618. The van der Waals surface area contributed by atoms with Crippen LogP contribution in [0.5, 0.6) is 0 Å². The lowest BCUT2D eigenvalue weighted by Crippen LogP contribution is -2.39. The van der Waals surface area contributed by atoms with Gasteiger partial charge in [0, 0.05) is 23.1 Å². The summed E-state index contributed by atoms with van der Waals surface area (Å²) in [6.45, 7) is -0.288. The van der Waals surface area contributed by atoms with Gasteiger partial charge in [-0.15, -0.1) is 0 Å². The highest BCUT2D eigenvalue weighted by Gasteiger charge is 2.16. The molecule has 0 saturated carbocycles. The number of benzene rings is 2. The van der Waals surface area contributed by atoms with E-state index in [0.29, 0.717) is 11.4 Å². The molecule has 0 fully saturated rings. The van der Waals surface area contributed by atoms with Gasteiger partial charge in [0.05, 0.1) is 6.54 Å². The molecule has 1 aromatic heterocycles. The van der Waals surface area contributed by atoms with Crippen LogP contribution in [0.15, 0.2) is 64.3 Å². The van der Waals surface area contributed by atoms with Crippen molar-refractivity contribution in [2.24, 2.45) is 0 Å². The highest BCUT2D eigenvalue weighted by Crippen LogP contribution is 2.11. The maximum atomic E-state index is 13.8. The number of H-pyrrole nitrogens is 1. The summed E-state index contributed by atoms with van der Waals surface area (Å²) in [4.78, 5) is 39.2. The Bertz CT molecular complexity index is 1070. The van der Waals surface area contributed by atoms with Crippen molar-refractivity contribution in [3.63, 3.8) is 0 Å². The monoisotopic (exact) mass is 354 g/mol. The third-order valence-electron chi connectivity index (χ3n) is 3.76. The molecule has 0 aliphatic rings. The minimum Gasteiger partial charge on any atom is -0.399 e. The molecule has 0 bridgehead atoms. The van der Waals surface area contributed by atoms with Gasteiger partial charge in [-0.1, -0.05) is 18.2 Å². The number of rotatable bonds is 4. The predicted octanol–water partition coefficient (Wildman–Crippen LogP) is 1.56. The molecule has 3 rings (SSSR count). The molecule has 26 heavy (non-hydrogen) atoms. The second kappa shape index (κ2) is 7.06. The van der Waals surface area contributed by atoms with E-state index in [4.69, 9.17) is 5.73 Å². The summed E-state index contributed by atoms with van der Waals surface area (Å²) in [6, 6.07) is 12.1. The van der Waals surface area contributed by atoms with Gasteiger partial charge in [-0.3, -0.25) is 14.2 Å². The second-order valence-electron chi connectivity index (χ2n) is 5.57. The van der Waals surface area contributed by atoms with Gasteiger partial charge in [0.2, 0.25) is 0 Å². The van der Waals surface area contributed by atoms with Crippen LogP contribution < -0.4 is 22.3 Å². The Hall–Kier alpha value is -3.68. The summed E-state index contributed by atoms with van der Waals surface area (Å²) in [5.74, 6) is -1.24. The molecule has 0 aliphatic carbocycles. The van der Waals surface area contributed by atoms with Crippen LogP contribution >= 0.6 is 0 Å². The first-order chi connectivity index (χ1) is 12.5. The number of hydrogen-bond acceptors (Lipinski definition) is 4. The summed E-state index contributed by atoms with van der Waals surface area (Å²) < 4.78 is 14.6. The zero-order chi connectivity index (χ0) is 18.7. The summed E-state index contributed by atoms with van der Waals surface area (Å²) >= 11 is 0. The van der Waals surface area contributed by atoms with Gasteiger partial charge < -0.3 is 16.0 Å². The number of anilines is 2. The van der Waals surface area contributed by atoms with E-state index in [0.717, 1.165) is 10.8 Å². The first-order valence-corrected chi connectivity index (χ1v) is 7.68. The maximum Gasteiger partial charge on any atom is 0.328 e. The standard InChI is InChI=1S/C18H15FN4O3/c19-15-4-2-1-3-11(15)10-23-17(25)14(9-21-18(23)26)16(24)22-13-7-5-12(20)6-8-13/h1-9H,10,20H2,(H,21,26)(H,22,24). The van der Waals surface area contributed by atoms with Gasteiger partial charge >= 0.3 is 5.69 Å². The smallest absolute Gasteiger partial charge is 0.328 e. The number of carbonyl (C=O) groups is 1. The minimum atomic E-state index is -0.815. The highest BCUT2D eigenvalue weighted by molar-refractivity contribution is 6.03. The number of nitrogens with one attached hydrogen (secondary N) is 2. The van der Waals surface area contributed by atoms with Crippen LogP contribution in [0, 0.1) is 5.82 Å². The lowest BCUT2D eigenvalue weighted by molar-refractivity contribution is 0.102. The molecule has 3 aromatic rings. The molecule has 8 heteroatoms. The minimum absolute atomic E-state index is 0.163. The Morgan fingerprint density at radius 3 is 2.50 bits per heavy atom. The number of hydrogen-bond donors (Lipinski definition) is 3. The molecular weight excluding hydrogens is 339 g/mol. The topological polar surface area (TPSA) is 110 Å². The second-order valence-corrected chi connectivity index (χ2v) is 5.57. The Morgan fingerprint density at radius 2 is 1.81 bits per heavy atom. The van der Waals surface area contributed by atoms with Gasteiger partial charge in [0.1, 0.15) is 11.4 Å². The van der Waals surface area contributed by atoms with Crippen LogP contribution in [-0.2, 0) is 6.54 Å². The van der Waals surface area contributed by atoms with E-state index in [2.05, 4.69) is 10.3 Å². The predicted molar refractivity (Wildman–Crippen MR) is 95.6 cm³/mol. The molecular formula is C18H15FN4O3. The Labute approximate surface area is 146 Å². The van der Waals surface area contributed by atoms with E-state index in [1.807, 2.05) is 0 Å². The normalized spacial score (nSPS) is 10.5.